The average Bonchev–Trinajstić information content (AvgIpc) is 2.20. The van der Waals surface area contributed by atoms with Gasteiger partial charge in [0.1, 0.15) is 5.82 Å². The summed E-state index contributed by atoms with van der Waals surface area (Å²) in [4.78, 5) is 4.05. The molecular formula is C11H15BrF2N2. The van der Waals surface area contributed by atoms with E-state index in [9.17, 15) is 8.78 Å². The fourth-order valence-electron chi connectivity index (χ4n) is 1.10. The van der Waals surface area contributed by atoms with Crippen LogP contribution >= 0.6 is 15.9 Å². The first-order chi connectivity index (χ1) is 7.41. The Kier molecular flexibility index (Phi) is 4.65. The number of aromatic nitrogens is 1. The lowest BCUT2D eigenvalue weighted by Crippen LogP contribution is -2.22. The van der Waals surface area contributed by atoms with Crippen LogP contribution in [-0.2, 0) is 0 Å². The van der Waals surface area contributed by atoms with Gasteiger partial charge in [0.05, 0.1) is 0 Å². The van der Waals surface area contributed by atoms with Crippen LogP contribution in [0.4, 0.5) is 14.6 Å². The Labute approximate surface area is 103 Å². The van der Waals surface area contributed by atoms with E-state index in [2.05, 4.69) is 40.1 Å². The van der Waals surface area contributed by atoms with E-state index in [1.165, 1.54) is 12.3 Å². The molecule has 0 saturated heterocycles. The molecule has 0 unspecified atom stereocenters. The first-order valence-corrected chi connectivity index (χ1v) is 5.91. The Morgan fingerprint density at radius 1 is 1.31 bits per heavy atom. The van der Waals surface area contributed by atoms with Gasteiger partial charge in [0.2, 0.25) is 0 Å². The molecule has 0 aromatic carbocycles. The van der Waals surface area contributed by atoms with E-state index >= 15 is 0 Å². The average molecular weight is 293 g/mol. The second kappa shape index (κ2) is 5.57. The summed E-state index contributed by atoms with van der Waals surface area (Å²) in [5, 5.41) is 3.10. The summed E-state index contributed by atoms with van der Waals surface area (Å²) in [5.41, 5.74) is -0.0338. The molecule has 1 rings (SSSR count). The second-order valence-electron chi connectivity index (χ2n) is 4.07. The third-order valence-corrected chi connectivity index (χ3v) is 3.16. The summed E-state index contributed by atoms with van der Waals surface area (Å²) in [6.45, 7) is 6.12. The molecule has 1 aromatic heterocycles. The smallest absolute Gasteiger partial charge is 0.265 e. The van der Waals surface area contributed by atoms with Crippen molar-refractivity contribution in [3.63, 3.8) is 0 Å². The van der Waals surface area contributed by atoms with Crippen molar-refractivity contribution in [3.05, 3.63) is 22.3 Å². The van der Waals surface area contributed by atoms with Gasteiger partial charge in [-0.2, -0.15) is 0 Å². The van der Waals surface area contributed by atoms with Crippen LogP contribution in [0.15, 0.2) is 16.7 Å². The standard InChI is InChI=1S/C11H15BrF2N2/c1-6(2)7(3)16-10-4-8(11(13)14)9(12)5-15-10/h4-7,11H,1-3H3,(H,15,16)/t7-/m0/s1. The second-order valence-corrected chi connectivity index (χ2v) is 4.92. The molecule has 0 spiro atoms. The molecule has 1 aromatic rings. The minimum atomic E-state index is -2.49. The van der Waals surface area contributed by atoms with Crippen molar-refractivity contribution < 1.29 is 8.78 Å². The van der Waals surface area contributed by atoms with Crippen LogP contribution in [0, 0.1) is 5.92 Å². The van der Waals surface area contributed by atoms with Gasteiger partial charge in [0, 0.05) is 22.3 Å². The quantitative estimate of drug-likeness (QED) is 0.898. The third kappa shape index (κ3) is 3.40. The minimum absolute atomic E-state index is 0.0338. The van der Waals surface area contributed by atoms with E-state index in [4.69, 9.17) is 0 Å². The van der Waals surface area contributed by atoms with Crippen LogP contribution in [0.5, 0.6) is 0 Å². The molecule has 0 aliphatic rings. The number of hydrogen-bond acceptors (Lipinski definition) is 2. The molecule has 1 N–H and O–H groups in total. The lowest BCUT2D eigenvalue weighted by molar-refractivity contribution is 0.150. The van der Waals surface area contributed by atoms with E-state index in [0.717, 1.165) is 0 Å². The molecule has 0 aliphatic carbocycles. The summed E-state index contributed by atoms with van der Waals surface area (Å²) in [6, 6.07) is 1.58. The summed E-state index contributed by atoms with van der Waals surface area (Å²) in [5.74, 6) is 0.903. The molecule has 1 heterocycles. The van der Waals surface area contributed by atoms with Gasteiger partial charge in [0.25, 0.3) is 6.43 Å². The van der Waals surface area contributed by atoms with Crippen molar-refractivity contribution in [1.29, 1.82) is 0 Å². The predicted octanol–water partition coefficient (Wildman–Crippen LogP) is 4.24. The topological polar surface area (TPSA) is 24.9 Å². The zero-order valence-corrected chi connectivity index (χ0v) is 11.1. The van der Waals surface area contributed by atoms with Gasteiger partial charge >= 0.3 is 0 Å². The predicted molar refractivity (Wildman–Crippen MR) is 64.8 cm³/mol. The zero-order valence-electron chi connectivity index (χ0n) is 9.47. The van der Waals surface area contributed by atoms with Crippen LogP contribution in [-0.4, -0.2) is 11.0 Å². The van der Waals surface area contributed by atoms with Gasteiger partial charge in [-0.05, 0) is 34.8 Å². The van der Waals surface area contributed by atoms with Gasteiger partial charge < -0.3 is 5.32 Å². The normalized spacial score (nSPS) is 13.2. The molecule has 5 heteroatoms. The van der Waals surface area contributed by atoms with Gasteiger partial charge in [-0.3, -0.25) is 0 Å². The Bertz CT molecular complexity index is 356. The Morgan fingerprint density at radius 2 is 1.94 bits per heavy atom. The van der Waals surface area contributed by atoms with Crippen molar-refractivity contribution in [3.8, 4) is 0 Å². The van der Waals surface area contributed by atoms with Crippen LogP contribution < -0.4 is 5.32 Å². The number of nitrogens with one attached hydrogen (secondary N) is 1. The molecule has 0 radical (unpaired) electrons. The molecule has 90 valence electrons. The van der Waals surface area contributed by atoms with Crippen LogP contribution in [0.2, 0.25) is 0 Å². The molecule has 0 fully saturated rings. The number of hydrogen-bond donors (Lipinski definition) is 1. The minimum Gasteiger partial charge on any atom is -0.367 e. The third-order valence-electron chi connectivity index (χ3n) is 2.50. The van der Waals surface area contributed by atoms with Crippen LogP contribution in [0.1, 0.15) is 32.8 Å². The highest BCUT2D eigenvalue weighted by Gasteiger charge is 2.14. The number of halogens is 3. The molecular weight excluding hydrogens is 278 g/mol. The summed E-state index contributed by atoms with van der Waals surface area (Å²) in [6.07, 6.45) is -1.09. The highest BCUT2D eigenvalue weighted by molar-refractivity contribution is 9.10. The van der Waals surface area contributed by atoms with E-state index in [1.54, 1.807) is 0 Å². The monoisotopic (exact) mass is 292 g/mol. The fourth-order valence-corrected chi connectivity index (χ4v) is 1.49. The Hall–Kier alpha value is -0.710. The highest BCUT2D eigenvalue weighted by atomic mass is 79.9. The van der Waals surface area contributed by atoms with Gasteiger partial charge in [-0.25, -0.2) is 13.8 Å². The number of anilines is 1. The molecule has 16 heavy (non-hydrogen) atoms. The number of alkyl halides is 2. The highest BCUT2D eigenvalue weighted by Crippen LogP contribution is 2.28. The van der Waals surface area contributed by atoms with Gasteiger partial charge in [-0.1, -0.05) is 13.8 Å². The summed E-state index contributed by atoms with van der Waals surface area (Å²) in [7, 11) is 0. The van der Waals surface area contributed by atoms with E-state index in [1.807, 2.05) is 6.92 Å². The molecule has 0 amide bonds. The first-order valence-electron chi connectivity index (χ1n) is 5.12. The molecule has 0 aliphatic heterocycles. The Morgan fingerprint density at radius 3 is 2.44 bits per heavy atom. The fraction of sp³-hybridized carbons (Fsp3) is 0.545. The summed E-state index contributed by atoms with van der Waals surface area (Å²) < 4.78 is 25.6. The van der Waals surface area contributed by atoms with Crippen molar-refractivity contribution in [2.75, 3.05) is 5.32 Å². The molecule has 0 saturated carbocycles. The number of nitrogens with zero attached hydrogens (tertiary/aromatic N) is 1. The van der Waals surface area contributed by atoms with E-state index in [-0.39, 0.29) is 11.6 Å². The first kappa shape index (κ1) is 13.4. The van der Waals surface area contributed by atoms with Gasteiger partial charge in [0.15, 0.2) is 0 Å². The zero-order chi connectivity index (χ0) is 12.3. The number of rotatable bonds is 4. The largest absolute Gasteiger partial charge is 0.367 e. The van der Waals surface area contributed by atoms with Crippen LogP contribution in [0.3, 0.4) is 0 Å². The van der Waals surface area contributed by atoms with E-state index < -0.39 is 6.43 Å². The van der Waals surface area contributed by atoms with Gasteiger partial charge in [-0.15, -0.1) is 0 Å². The lowest BCUT2D eigenvalue weighted by Gasteiger charge is -2.18. The molecule has 2 nitrogen and oxygen atoms in total. The SMILES string of the molecule is CC(C)[C@H](C)Nc1cc(C(F)F)c(Br)cn1. The Balaban J connectivity index is 2.87. The summed E-state index contributed by atoms with van der Waals surface area (Å²) >= 11 is 3.06. The van der Waals surface area contributed by atoms with Crippen molar-refractivity contribution in [2.24, 2.45) is 5.92 Å². The maximum atomic E-state index is 12.6. The van der Waals surface area contributed by atoms with Crippen molar-refractivity contribution in [1.82, 2.24) is 4.98 Å². The maximum Gasteiger partial charge on any atom is 0.265 e. The van der Waals surface area contributed by atoms with Crippen molar-refractivity contribution in [2.45, 2.75) is 33.2 Å². The van der Waals surface area contributed by atoms with Crippen molar-refractivity contribution >= 4 is 21.7 Å². The molecule has 0 bridgehead atoms. The lowest BCUT2D eigenvalue weighted by atomic mass is 10.1. The molecule has 1 atom stereocenters. The van der Waals surface area contributed by atoms with Crippen LogP contribution in [0.25, 0.3) is 0 Å². The van der Waals surface area contributed by atoms with E-state index in [0.29, 0.717) is 16.2 Å². The number of pyridine rings is 1. The maximum absolute atomic E-state index is 12.6.